The maximum absolute atomic E-state index is 12.4. The van der Waals surface area contributed by atoms with Crippen LogP contribution in [0.15, 0.2) is 18.2 Å². The second kappa shape index (κ2) is 5.29. The van der Waals surface area contributed by atoms with E-state index in [0.29, 0.717) is 11.3 Å². The van der Waals surface area contributed by atoms with Crippen molar-refractivity contribution in [1.29, 1.82) is 0 Å². The summed E-state index contributed by atoms with van der Waals surface area (Å²) >= 11 is 0. The quantitative estimate of drug-likeness (QED) is 0.874. The highest BCUT2D eigenvalue weighted by Crippen LogP contribution is 2.31. The fraction of sp³-hybridized carbons (Fsp3) is 0.417. The second-order valence-corrected chi connectivity index (χ2v) is 4.11. The molecule has 0 unspecified atom stereocenters. The van der Waals surface area contributed by atoms with Gasteiger partial charge in [0.1, 0.15) is 0 Å². The van der Waals surface area contributed by atoms with E-state index in [1.54, 1.807) is 13.8 Å². The highest BCUT2D eigenvalue weighted by Gasteiger charge is 2.30. The summed E-state index contributed by atoms with van der Waals surface area (Å²) in [6.45, 7) is 4.85. The molecule has 1 amide bonds. The molecule has 0 aliphatic carbocycles. The first-order valence-electron chi connectivity index (χ1n) is 5.35. The van der Waals surface area contributed by atoms with Crippen molar-refractivity contribution in [3.63, 3.8) is 0 Å². The number of hydrogen-bond acceptors (Lipinski definition) is 2. The van der Waals surface area contributed by atoms with Crippen molar-refractivity contribution in [2.45, 2.75) is 33.1 Å². The summed E-state index contributed by atoms with van der Waals surface area (Å²) in [6, 6.07) is 3.10. The lowest BCUT2D eigenvalue weighted by molar-refractivity contribution is -0.137. The fourth-order valence-corrected chi connectivity index (χ4v) is 1.33. The molecule has 0 aliphatic heterocycles. The molecular weight excluding hydrogens is 247 g/mol. The van der Waals surface area contributed by atoms with Crippen LogP contribution in [0.4, 0.5) is 23.7 Å². The first kappa shape index (κ1) is 14.3. The van der Waals surface area contributed by atoms with E-state index in [1.165, 1.54) is 13.0 Å². The normalized spacial score (nSPS) is 11.5. The van der Waals surface area contributed by atoms with Crippen LogP contribution >= 0.6 is 0 Å². The van der Waals surface area contributed by atoms with Crippen molar-refractivity contribution >= 4 is 11.8 Å². The van der Waals surface area contributed by atoms with E-state index in [4.69, 9.17) is 4.74 Å². The molecule has 0 fully saturated rings. The van der Waals surface area contributed by atoms with Crippen LogP contribution in [0.5, 0.6) is 0 Å². The first-order valence-corrected chi connectivity index (χ1v) is 5.35. The Balaban J connectivity index is 2.84. The summed E-state index contributed by atoms with van der Waals surface area (Å²) in [5, 5.41) is 2.39. The van der Waals surface area contributed by atoms with Gasteiger partial charge in [0.2, 0.25) is 0 Å². The van der Waals surface area contributed by atoms with E-state index >= 15 is 0 Å². The molecule has 3 nitrogen and oxygen atoms in total. The molecule has 18 heavy (non-hydrogen) atoms. The average Bonchev–Trinajstić information content (AvgIpc) is 2.18. The maximum Gasteiger partial charge on any atom is 0.416 e. The van der Waals surface area contributed by atoms with Crippen LogP contribution in [0.25, 0.3) is 0 Å². The van der Waals surface area contributed by atoms with Crippen LogP contribution in [0.3, 0.4) is 0 Å². The smallest absolute Gasteiger partial charge is 0.416 e. The van der Waals surface area contributed by atoms with Gasteiger partial charge in [0.25, 0.3) is 0 Å². The Bertz CT molecular complexity index is 441. The summed E-state index contributed by atoms with van der Waals surface area (Å²) in [6.07, 6.45) is -5.37. The number of alkyl halides is 3. The number of ether oxygens (including phenoxy) is 1. The molecule has 1 aromatic carbocycles. The lowest BCUT2D eigenvalue weighted by Gasteiger charge is -2.13. The monoisotopic (exact) mass is 261 g/mol. The topological polar surface area (TPSA) is 38.3 Å². The zero-order chi connectivity index (χ0) is 13.9. The Morgan fingerprint density at radius 3 is 2.39 bits per heavy atom. The van der Waals surface area contributed by atoms with Gasteiger partial charge in [-0.2, -0.15) is 13.2 Å². The number of aryl methyl sites for hydroxylation is 1. The third-order valence-corrected chi connectivity index (χ3v) is 2.13. The summed E-state index contributed by atoms with van der Waals surface area (Å²) in [7, 11) is 0. The van der Waals surface area contributed by atoms with Gasteiger partial charge in [-0.05, 0) is 44.5 Å². The van der Waals surface area contributed by atoms with Gasteiger partial charge in [0, 0.05) is 5.69 Å². The molecule has 0 heterocycles. The highest BCUT2D eigenvalue weighted by molar-refractivity contribution is 5.85. The first-order chi connectivity index (χ1) is 8.20. The van der Waals surface area contributed by atoms with Crippen LogP contribution in [-0.4, -0.2) is 12.2 Å². The van der Waals surface area contributed by atoms with Gasteiger partial charge in [-0.15, -0.1) is 0 Å². The molecule has 1 aromatic rings. The van der Waals surface area contributed by atoms with Gasteiger partial charge in [0.05, 0.1) is 11.7 Å². The molecule has 1 rings (SSSR count). The molecule has 100 valence electrons. The minimum absolute atomic E-state index is 0.292. The summed E-state index contributed by atoms with van der Waals surface area (Å²) in [4.78, 5) is 11.3. The van der Waals surface area contributed by atoms with Gasteiger partial charge < -0.3 is 4.74 Å². The number of carbonyl (C=O) groups is 1. The number of halogens is 3. The molecule has 0 saturated carbocycles. The lowest BCUT2D eigenvalue weighted by Crippen LogP contribution is -2.18. The Labute approximate surface area is 103 Å². The van der Waals surface area contributed by atoms with Crippen molar-refractivity contribution in [2.24, 2.45) is 0 Å². The summed E-state index contributed by atoms with van der Waals surface area (Å²) < 4.78 is 42.1. The third-order valence-electron chi connectivity index (χ3n) is 2.13. The molecule has 0 spiro atoms. The molecule has 6 heteroatoms. The zero-order valence-electron chi connectivity index (χ0n) is 10.3. The number of rotatable bonds is 2. The SMILES string of the molecule is Cc1cc(C(F)(F)F)ccc1NC(=O)OC(C)C. The van der Waals surface area contributed by atoms with Gasteiger partial charge in [-0.3, -0.25) is 5.32 Å². The van der Waals surface area contributed by atoms with Crippen molar-refractivity contribution in [2.75, 3.05) is 5.32 Å². The van der Waals surface area contributed by atoms with E-state index in [2.05, 4.69) is 5.32 Å². The number of anilines is 1. The third kappa shape index (κ3) is 3.94. The van der Waals surface area contributed by atoms with Crippen LogP contribution in [0.1, 0.15) is 25.0 Å². The predicted molar refractivity (Wildman–Crippen MR) is 61.4 cm³/mol. The van der Waals surface area contributed by atoms with E-state index in [-0.39, 0.29) is 6.10 Å². The molecule has 0 atom stereocenters. The number of benzene rings is 1. The van der Waals surface area contributed by atoms with Crippen molar-refractivity contribution in [1.82, 2.24) is 0 Å². The minimum atomic E-state index is -4.39. The number of carbonyl (C=O) groups excluding carboxylic acids is 1. The second-order valence-electron chi connectivity index (χ2n) is 4.11. The summed E-state index contributed by atoms with van der Waals surface area (Å²) in [5.41, 5.74) is -0.123. The standard InChI is InChI=1S/C12H14F3NO2/c1-7(2)18-11(17)16-10-5-4-9(6-8(10)3)12(13,14)15/h4-7H,1-3H3,(H,16,17). The van der Waals surface area contributed by atoms with Crippen LogP contribution in [0, 0.1) is 6.92 Å². The van der Waals surface area contributed by atoms with Gasteiger partial charge >= 0.3 is 12.3 Å². The summed E-state index contributed by atoms with van der Waals surface area (Å²) in [5.74, 6) is 0. The molecule has 0 aliphatic rings. The van der Waals surface area contributed by atoms with E-state index in [0.717, 1.165) is 12.1 Å². The molecule has 0 radical (unpaired) electrons. The van der Waals surface area contributed by atoms with E-state index in [9.17, 15) is 18.0 Å². The largest absolute Gasteiger partial charge is 0.447 e. The molecule has 0 saturated heterocycles. The van der Waals surface area contributed by atoms with Gasteiger partial charge in [0.15, 0.2) is 0 Å². The molecule has 0 bridgehead atoms. The fourth-order valence-electron chi connectivity index (χ4n) is 1.33. The van der Waals surface area contributed by atoms with Crippen LogP contribution < -0.4 is 5.32 Å². The molecule has 1 N–H and O–H groups in total. The Hall–Kier alpha value is -1.72. The number of hydrogen-bond donors (Lipinski definition) is 1. The highest BCUT2D eigenvalue weighted by atomic mass is 19.4. The van der Waals surface area contributed by atoms with Gasteiger partial charge in [-0.1, -0.05) is 0 Å². The Morgan fingerprint density at radius 1 is 1.33 bits per heavy atom. The predicted octanol–water partition coefficient (Wildman–Crippen LogP) is 3.97. The molecular formula is C12H14F3NO2. The molecule has 0 aromatic heterocycles. The minimum Gasteiger partial charge on any atom is -0.447 e. The number of amides is 1. The van der Waals surface area contributed by atoms with Crippen molar-refractivity contribution in [3.05, 3.63) is 29.3 Å². The van der Waals surface area contributed by atoms with E-state index < -0.39 is 17.8 Å². The average molecular weight is 261 g/mol. The van der Waals surface area contributed by atoms with Crippen LogP contribution in [0.2, 0.25) is 0 Å². The Morgan fingerprint density at radius 2 is 1.94 bits per heavy atom. The van der Waals surface area contributed by atoms with Crippen molar-refractivity contribution in [3.8, 4) is 0 Å². The van der Waals surface area contributed by atoms with Crippen molar-refractivity contribution < 1.29 is 22.7 Å². The number of nitrogens with one attached hydrogen (secondary N) is 1. The lowest BCUT2D eigenvalue weighted by atomic mass is 10.1. The Kier molecular flexibility index (Phi) is 4.21. The van der Waals surface area contributed by atoms with Crippen LogP contribution in [-0.2, 0) is 10.9 Å². The van der Waals surface area contributed by atoms with Gasteiger partial charge in [-0.25, -0.2) is 4.79 Å². The zero-order valence-corrected chi connectivity index (χ0v) is 10.3. The van der Waals surface area contributed by atoms with E-state index in [1.807, 2.05) is 0 Å². The maximum atomic E-state index is 12.4.